The number of nitrogen functional groups attached to an aromatic ring is 1. The summed E-state index contributed by atoms with van der Waals surface area (Å²) in [5.74, 6) is -0.154. The van der Waals surface area contributed by atoms with Gasteiger partial charge in [0.25, 0.3) is 0 Å². The molecule has 21 heavy (non-hydrogen) atoms. The Morgan fingerprint density at radius 1 is 1.10 bits per heavy atom. The molecule has 3 rings (SSSR count). The normalized spacial score (nSPS) is 14.6. The topological polar surface area (TPSA) is 29.3 Å². The Kier molecular flexibility index (Phi) is 3.93. The number of hydrogen-bond acceptors (Lipinski definition) is 2. The third kappa shape index (κ3) is 3.61. The standard InChI is InChI=1S/C18H21FN2/c1-13-2-5-16(19)10-15(13)12-21(18-8-9-18)11-14-3-6-17(20)7-4-14/h2-7,10,18H,8-9,11-12,20H2,1H3. The predicted octanol–water partition coefficient (Wildman–Crippen LogP) is 3.88. The molecule has 0 unspecified atom stereocenters. The minimum Gasteiger partial charge on any atom is -0.399 e. The van der Waals surface area contributed by atoms with Gasteiger partial charge in [-0.15, -0.1) is 0 Å². The van der Waals surface area contributed by atoms with Crippen molar-refractivity contribution in [3.63, 3.8) is 0 Å². The molecule has 110 valence electrons. The van der Waals surface area contributed by atoms with E-state index < -0.39 is 0 Å². The number of rotatable bonds is 5. The van der Waals surface area contributed by atoms with Crippen LogP contribution in [0, 0.1) is 12.7 Å². The summed E-state index contributed by atoms with van der Waals surface area (Å²) in [5, 5.41) is 0. The van der Waals surface area contributed by atoms with Crippen LogP contribution in [0.2, 0.25) is 0 Å². The molecule has 1 saturated carbocycles. The number of nitrogens with two attached hydrogens (primary N) is 1. The van der Waals surface area contributed by atoms with Gasteiger partial charge in [-0.05, 0) is 60.7 Å². The van der Waals surface area contributed by atoms with Crippen LogP contribution in [0.15, 0.2) is 42.5 Å². The van der Waals surface area contributed by atoms with Crippen molar-refractivity contribution in [2.75, 3.05) is 5.73 Å². The zero-order chi connectivity index (χ0) is 14.8. The molecule has 0 aliphatic heterocycles. The van der Waals surface area contributed by atoms with E-state index in [4.69, 9.17) is 5.73 Å². The van der Waals surface area contributed by atoms with Crippen LogP contribution in [-0.2, 0) is 13.1 Å². The molecule has 3 heteroatoms. The smallest absolute Gasteiger partial charge is 0.123 e. The molecular formula is C18H21FN2. The van der Waals surface area contributed by atoms with E-state index in [0.29, 0.717) is 6.04 Å². The lowest BCUT2D eigenvalue weighted by Crippen LogP contribution is -2.25. The van der Waals surface area contributed by atoms with Crippen molar-refractivity contribution in [3.8, 4) is 0 Å². The highest BCUT2D eigenvalue weighted by molar-refractivity contribution is 5.39. The highest BCUT2D eigenvalue weighted by Gasteiger charge is 2.29. The van der Waals surface area contributed by atoms with Gasteiger partial charge in [0, 0.05) is 24.8 Å². The van der Waals surface area contributed by atoms with Crippen LogP contribution >= 0.6 is 0 Å². The first-order chi connectivity index (χ1) is 10.1. The van der Waals surface area contributed by atoms with Gasteiger partial charge in [0.15, 0.2) is 0 Å². The molecule has 2 N–H and O–H groups in total. The van der Waals surface area contributed by atoms with Crippen LogP contribution in [0.25, 0.3) is 0 Å². The number of halogens is 1. The van der Waals surface area contributed by atoms with Crippen molar-refractivity contribution in [3.05, 3.63) is 65.0 Å². The molecular weight excluding hydrogens is 263 g/mol. The van der Waals surface area contributed by atoms with E-state index in [-0.39, 0.29) is 5.82 Å². The van der Waals surface area contributed by atoms with Crippen LogP contribution < -0.4 is 5.73 Å². The summed E-state index contributed by atoms with van der Waals surface area (Å²) in [7, 11) is 0. The second kappa shape index (κ2) is 5.86. The number of anilines is 1. The fraction of sp³-hybridized carbons (Fsp3) is 0.333. The van der Waals surface area contributed by atoms with E-state index in [1.165, 1.54) is 24.5 Å². The summed E-state index contributed by atoms with van der Waals surface area (Å²) in [5.41, 5.74) is 10.0. The third-order valence-electron chi connectivity index (χ3n) is 4.11. The average Bonchev–Trinajstić information content (AvgIpc) is 3.29. The zero-order valence-corrected chi connectivity index (χ0v) is 12.3. The van der Waals surface area contributed by atoms with E-state index in [9.17, 15) is 4.39 Å². The molecule has 0 saturated heterocycles. The minimum absolute atomic E-state index is 0.154. The summed E-state index contributed by atoms with van der Waals surface area (Å²) < 4.78 is 13.5. The molecule has 0 atom stereocenters. The SMILES string of the molecule is Cc1ccc(F)cc1CN(Cc1ccc(N)cc1)C1CC1. The van der Waals surface area contributed by atoms with Gasteiger partial charge in [0.05, 0.1) is 0 Å². The highest BCUT2D eigenvalue weighted by atomic mass is 19.1. The van der Waals surface area contributed by atoms with Crippen molar-refractivity contribution < 1.29 is 4.39 Å². The third-order valence-corrected chi connectivity index (χ3v) is 4.11. The molecule has 2 nitrogen and oxygen atoms in total. The summed E-state index contributed by atoms with van der Waals surface area (Å²) >= 11 is 0. The lowest BCUT2D eigenvalue weighted by atomic mass is 10.1. The fourth-order valence-electron chi connectivity index (χ4n) is 2.64. The molecule has 0 radical (unpaired) electrons. The molecule has 1 aliphatic rings. The van der Waals surface area contributed by atoms with Crippen LogP contribution in [-0.4, -0.2) is 10.9 Å². The number of nitrogens with zero attached hydrogens (tertiary/aromatic N) is 1. The zero-order valence-electron chi connectivity index (χ0n) is 12.3. The van der Waals surface area contributed by atoms with E-state index in [1.54, 1.807) is 6.07 Å². The number of aryl methyl sites for hydroxylation is 1. The maximum absolute atomic E-state index is 13.5. The van der Waals surface area contributed by atoms with Crippen LogP contribution in [0.4, 0.5) is 10.1 Å². The Labute approximate surface area is 125 Å². The number of benzene rings is 2. The van der Waals surface area contributed by atoms with E-state index in [1.807, 2.05) is 25.1 Å². The molecule has 2 aromatic rings. The molecule has 0 aromatic heterocycles. The molecule has 0 amide bonds. The monoisotopic (exact) mass is 284 g/mol. The Balaban J connectivity index is 1.75. The van der Waals surface area contributed by atoms with Gasteiger partial charge in [-0.25, -0.2) is 4.39 Å². The fourth-order valence-corrected chi connectivity index (χ4v) is 2.64. The molecule has 0 bridgehead atoms. The van der Waals surface area contributed by atoms with Crippen molar-refractivity contribution >= 4 is 5.69 Å². The summed E-state index contributed by atoms with van der Waals surface area (Å²) in [6.45, 7) is 3.74. The Hall–Kier alpha value is -1.87. The summed E-state index contributed by atoms with van der Waals surface area (Å²) in [6.07, 6.45) is 2.48. The quantitative estimate of drug-likeness (QED) is 0.844. The van der Waals surface area contributed by atoms with E-state index in [0.717, 1.165) is 29.9 Å². The molecule has 0 spiro atoms. The first kappa shape index (κ1) is 14.1. The van der Waals surface area contributed by atoms with Gasteiger partial charge in [0.1, 0.15) is 5.82 Å². The van der Waals surface area contributed by atoms with Gasteiger partial charge in [0.2, 0.25) is 0 Å². The lowest BCUT2D eigenvalue weighted by Gasteiger charge is -2.23. The van der Waals surface area contributed by atoms with Gasteiger partial charge in [-0.2, -0.15) is 0 Å². The molecule has 0 heterocycles. The number of hydrogen-bond donors (Lipinski definition) is 1. The maximum atomic E-state index is 13.5. The molecule has 1 fully saturated rings. The Morgan fingerprint density at radius 2 is 1.81 bits per heavy atom. The van der Waals surface area contributed by atoms with Crippen LogP contribution in [0.3, 0.4) is 0 Å². The first-order valence-corrected chi connectivity index (χ1v) is 7.45. The first-order valence-electron chi connectivity index (χ1n) is 7.45. The van der Waals surface area contributed by atoms with Crippen molar-refractivity contribution in [1.29, 1.82) is 0 Å². The van der Waals surface area contributed by atoms with Crippen molar-refractivity contribution in [1.82, 2.24) is 4.90 Å². The summed E-state index contributed by atoms with van der Waals surface area (Å²) in [4.78, 5) is 2.44. The highest BCUT2D eigenvalue weighted by Crippen LogP contribution is 2.30. The van der Waals surface area contributed by atoms with E-state index in [2.05, 4.69) is 17.0 Å². The molecule has 2 aromatic carbocycles. The van der Waals surface area contributed by atoms with Crippen LogP contribution in [0.1, 0.15) is 29.5 Å². The summed E-state index contributed by atoms with van der Waals surface area (Å²) in [6, 6.07) is 13.7. The van der Waals surface area contributed by atoms with Crippen molar-refractivity contribution in [2.24, 2.45) is 0 Å². The second-order valence-electron chi connectivity index (χ2n) is 5.95. The average molecular weight is 284 g/mol. The van der Waals surface area contributed by atoms with Gasteiger partial charge < -0.3 is 5.73 Å². The second-order valence-corrected chi connectivity index (χ2v) is 5.95. The van der Waals surface area contributed by atoms with E-state index >= 15 is 0 Å². The van der Waals surface area contributed by atoms with Gasteiger partial charge in [-0.1, -0.05) is 18.2 Å². The Morgan fingerprint density at radius 3 is 2.48 bits per heavy atom. The minimum atomic E-state index is -0.154. The van der Waals surface area contributed by atoms with Crippen molar-refractivity contribution in [2.45, 2.75) is 38.9 Å². The maximum Gasteiger partial charge on any atom is 0.123 e. The van der Waals surface area contributed by atoms with Gasteiger partial charge >= 0.3 is 0 Å². The molecule has 1 aliphatic carbocycles. The van der Waals surface area contributed by atoms with Gasteiger partial charge in [-0.3, -0.25) is 4.90 Å². The lowest BCUT2D eigenvalue weighted by molar-refractivity contribution is 0.245. The van der Waals surface area contributed by atoms with Crippen LogP contribution in [0.5, 0.6) is 0 Å². The predicted molar refractivity (Wildman–Crippen MR) is 84.3 cm³/mol. The largest absolute Gasteiger partial charge is 0.399 e. The Bertz CT molecular complexity index is 618.